The van der Waals surface area contributed by atoms with Crippen LogP contribution >= 0.6 is 15.9 Å². The number of benzene rings is 2. The van der Waals surface area contributed by atoms with E-state index in [1.807, 2.05) is 31.2 Å². The monoisotopic (exact) mass is 304 g/mol. The van der Waals surface area contributed by atoms with Gasteiger partial charge in [0.1, 0.15) is 11.6 Å². The highest BCUT2D eigenvalue weighted by molar-refractivity contribution is 9.10. The van der Waals surface area contributed by atoms with E-state index in [2.05, 4.69) is 25.9 Å². The van der Waals surface area contributed by atoms with Crippen molar-refractivity contribution in [3.63, 3.8) is 0 Å². The topological polar surface area (TPSA) is 28.7 Å². The lowest BCUT2D eigenvalue weighted by Gasteiger charge is -1.96. The number of hydrogen-bond donors (Lipinski definition) is 1. The highest BCUT2D eigenvalue weighted by Crippen LogP contribution is 2.25. The van der Waals surface area contributed by atoms with E-state index in [9.17, 15) is 4.39 Å². The summed E-state index contributed by atoms with van der Waals surface area (Å²) < 4.78 is 13.9. The van der Waals surface area contributed by atoms with Crippen LogP contribution in [0.4, 0.5) is 4.39 Å². The van der Waals surface area contributed by atoms with Crippen molar-refractivity contribution < 1.29 is 4.39 Å². The van der Waals surface area contributed by atoms with Crippen molar-refractivity contribution in [2.24, 2.45) is 0 Å². The van der Waals surface area contributed by atoms with E-state index >= 15 is 0 Å². The van der Waals surface area contributed by atoms with Gasteiger partial charge in [-0.15, -0.1) is 0 Å². The molecule has 2 nitrogen and oxygen atoms in total. The Labute approximate surface area is 112 Å². The molecule has 0 spiro atoms. The van der Waals surface area contributed by atoms with Crippen LogP contribution in [0.15, 0.2) is 40.9 Å². The second-order valence-electron chi connectivity index (χ2n) is 4.23. The quantitative estimate of drug-likeness (QED) is 0.707. The summed E-state index contributed by atoms with van der Waals surface area (Å²) in [6.45, 7) is 2.04. The number of halogens is 2. The fourth-order valence-corrected chi connectivity index (χ4v) is 2.20. The molecule has 2 aromatic carbocycles. The maximum Gasteiger partial charge on any atom is 0.139 e. The Bertz CT molecular complexity index is 677. The first kappa shape index (κ1) is 11.4. The van der Waals surface area contributed by atoms with Gasteiger partial charge in [0, 0.05) is 11.6 Å². The van der Waals surface area contributed by atoms with Crippen molar-refractivity contribution in [2.45, 2.75) is 6.92 Å². The lowest BCUT2D eigenvalue weighted by Crippen LogP contribution is -1.80. The minimum atomic E-state index is -0.301. The smallest absolute Gasteiger partial charge is 0.139 e. The molecule has 18 heavy (non-hydrogen) atoms. The van der Waals surface area contributed by atoms with Gasteiger partial charge in [-0.25, -0.2) is 9.37 Å². The number of H-pyrrole nitrogens is 1. The molecular weight excluding hydrogens is 295 g/mol. The normalized spacial score (nSPS) is 11.1. The molecule has 3 rings (SSSR count). The summed E-state index contributed by atoms with van der Waals surface area (Å²) in [6.07, 6.45) is 0. The van der Waals surface area contributed by atoms with Gasteiger partial charge in [0.15, 0.2) is 0 Å². The van der Waals surface area contributed by atoms with Crippen LogP contribution in [-0.2, 0) is 0 Å². The third-order valence-electron chi connectivity index (χ3n) is 2.85. The molecule has 0 aliphatic rings. The molecule has 4 heteroatoms. The zero-order chi connectivity index (χ0) is 12.7. The van der Waals surface area contributed by atoms with Gasteiger partial charge in [-0.3, -0.25) is 0 Å². The lowest BCUT2D eigenvalue weighted by molar-refractivity contribution is 0.623. The highest BCUT2D eigenvalue weighted by atomic mass is 79.9. The SMILES string of the molecule is Cc1ccc(-c2nc3cc(F)c(Br)cc3[nH]2)cc1. The van der Waals surface area contributed by atoms with Crippen LogP contribution in [-0.4, -0.2) is 9.97 Å². The Morgan fingerprint density at radius 3 is 2.61 bits per heavy atom. The maximum absolute atomic E-state index is 13.4. The summed E-state index contributed by atoms with van der Waals surface area (Å²) in [5.41, 5.74) is 3.64. The Balaban J connectivity index is 2.16. The number of rotatable bonds is 1. The molecule has 0 saturated carbocycles. The number of nitrogens with zero attached hydrogens (tertiary/aromatic N) is 1. The molecule has 0 bridgehead atoms. The molecule has 0 unspecified atom stereocenters. The summed E-state index contributed by atoms with van der Waals surface area (Å²) in [5.74, 6) is 0.451. The molecule has 1 aromatic heterocycles. The number of aryl methyl sites for hydroxylation is 1. The summed E-state index contributed by atoms with van der Waals surface area (Å²) in [5, 5.41) is 0. The third kappa shape index (κ3) is 1.93. The van der Waals surface area contributed by atoms with E-state index in [0.29, 0.717) is 9.99 Å². The van der Waals surface area contributed by atoms with Gasteiger partial charge in [-0.05, 0) is 28.9 Å². The molecule has 0 aliphatic carbocycles. The first-order chi connectivity index (χ1) is 8.63. The minimum Gasteiger partial charge on any atom is -0.338 e. The van der Waals surface area contributed by atoms with Crippen molar-refractivity contribution in [1.82, 2.24) is 9.97 Å². The van der Waals surface area contributed by atoms with E-state index in [1.165, 1.54) is 11.6 Å². The molecule has 0 aliphatic heterocycles. The van der Waals surface area contributed by atoms with Crippen molar-refractivity contribution >= 4 is 27.0 Å². The first-order valence-electron chi connectivity index (χ1n) is 5.55. The molecule has 90 valence electrons. The van der Waals surface area contributed by atoms with E-state index in [0.717, 1.165) is 16.9 Å². The Morgan fingerprint density at radius 2 is 1.89 bits per heavy atom. The molecule has 0 radical (unpaired) electrons. The highest BCUT2D eigenvalue weighted by Gasteiger charge is 2.08. The van der Waals surface area contributed by atoms with Crippen molar-refractivity contribution in [3.8, 4) is 11.4 Å². The van der Waals surface area contributed by atoms with Gasteiger partial charge in [0.25, 0.3) is 0 Å². The second kappa shape index (κ2) is 4.21. The van der Waals surface area contributed by atoms with Crippen LogP contribution in [0.3, 0.4) is 0 Å². The van der Waals surface area contributed by atoms with Gasteiger partial charge in [0.05, 0.1) is 15.5 Å². The Hall–Kier alpha value is -1.68. The van der Waals surface area contributed by atoms with Crippen molar-refractivity contribution in [1.29, 1.82) is 0 Å². The number of aromatic amines is 1. The molecule has 0 atom stereocenters. The molecule has 3 aromatic rings. The molecule has 1 heterocycles. The van der Waals surface area contributed by atoms with E-state index in [1.54, 1.807) is 6.07 Å². The standard InChI is InChI=1S/C14H10BrFN2/c1-8-2-4-9(5-3-8)14-17-12-6-10(15)11(16)7-13(12)18-14/h2-7H,1H3,(H,17,18). The molecule has 0 amide bonds. The predicted octanol–water partition coefficient (Wildman–Crippen LogP) is 4.44. The largest absolute Gasteiger partial charge is 0.338 e. The van der Waals surface area contributed by atoms with Crippen LogP contribution in [0.2, 0.25) is 0 Å². The van der Waals surface area contributed by atoms with Gasteiger partial charge >= 0.3 is 0 Å². The maximum atomic E-state index is 13.4. The van der Waals surface area contributed by atoms with Gasteiger partial charge < -0.3 is 4.98 Å². The number of nitrogens with one attached hydrogen (secondary N) is 1. The first-order valence-corrected chi connectivity index (χ1v) is 6.34. The van der Waals surface area contributed by atoms with Crippen LogP contribution in [0.1, 0.15) is 5.56 Å². The van der Waals surface area contributed by atoms with E-state index in [-0.39, 0.29) is 5.82 Å². The van der Waals surface area contributed by atoms with Crippen LogP contribution < -0.4 is 0 Å². The third-order valence-corrected chi connectivity index (χ3v) is 3.46. The van der Waals surface area contributed by atoms with Crippen molar-refractivity contribution in [3.05, 3.63) is 52.3 Å². The number of fused-ring (bicyclic) bond motifs is 1. The second-order valence-corrected chi connectivity index (χ2v) is 5.09. The summed E-state index contributed by atoms with van der Waals surface area (Å²) in [6, 6.07) is 11.2. The predicted molar refractivity (Wildman–Crippen MR) is 73.9 cm³/mol. The minimum absolute atomic E-state index is 0.301. The average Bonchev–Trinajstić information content (AvgIpc) is 2.73. The van der Waals surface area contributed by atoms with Gasteiger partial charge in [-0.1, -0.05) is 29.8 Å². The van der Waals surface area contributed by atoms with E-state index in [4.69, 9.17) is 0 Å². The molecule has 0 fully saturated rings. The summed E-state index contributed by atoms with van der Waals surface area (Å²) >= 11 is 3.17. The van der Waals surface area contributed by atoms with Gasteiger partial charge in [0.2, 0.25) is 0 Å². The van der Waals surface area contributed by atoms with Crippen LogP contribution in [0.25, 0.3) is 22.4 Å². The van der Waals surface area contributed by atoms with Crippen LogP contribution in [0, 0.1) is 12.7 Å². The van der Waals surface area contributed by atoms with Crippen molar-refractivity contribution in [2.75, 3.05) is 0 Å². The zero-order valence-electron chi connectivity index (χ0n) is 9.67. The summed E-state index contributed by atoms with van der Waals surface area (Å²) in [4.78, 5) is 7.59. The number of hydrogen-bond acceptors (Lipinski definition) is 1. The Kier molecular flexibility index (Phi) is 2.67. The lowest BCUT2D eigenvalue weighted by atomic mass is 10.1. The molecule has 0 saturated heterocycles. The number of aromatic nitrogens is 2. The molecule has 1 N–H and O–H groups in total. The average molecular weight is 305 g/mol. The fourth-order valence-electron chi connectivity index (χ4n) is 1.85. The number of imidazole rings is 1. The van der Waals surface area contributed by atoms with E-state index < -0.39 is 0 Å². The fraction of sp³-hybridized carbons (Fsp3) is 0.0714. The summed E-state index contributed by atoms with van der Waals surface area (Å²) in [7, 11) is 0. The zero-order valence-corrected chi connectivity index (χ0v) is 11.3. The van der Waals surface area contributed by atoms with Gasteiger partial charge in [-0.2, -0.15) is 0 Å². The van der Waals surface area contributed by atoms with Crippen LogP contribution in [0.5, 0.6) is 0 Å². The Morgan fingerprint density at radius 1 is 1.17 bits per heavy atom. The molecular formula is C14H10BrFN2.